The summed E-state index contributed by atoms with van der Waals surface area (Å²) in [4.78, 5) is 12.6. The molecule has 0 radical (unpaired) electrons. The van der Waals surface area contributed by atoms with Gasteiger partial charge in [0.05, 0.1) is 12.2 Å². The van der Waals surface area contributed by atoms with Gasteiger partial charge < -0.3 is 5.32 Å². The molecule has 0 fully saturated rings. The molecule has 1 amide bonds. The van der Waals surface area contributed by atoms with Crippen LogP contribution in [-0.4, -0.2) is 16.1 Å². The van der Waals surface area contributed by atoms with E-state index in [9.17, 15) is 4.79 Å². The van der Waals surface area contributed by atoms with Gasteiger partial charge in [-0.05, 0) is 61.6 Å². The van der Waals surface area contributed by atoms with Crippen molar-refractivity contribution in [3.63, 3.8) is 0 Å². The van der Waals surface area contributed by atoms with Crippen LogP contribution in [0.15, 0.2) is 24.3 Å². The molecule has 4 nitrogen and oxygen atoms in total. The predicted molar refractivity (Wildman–Crippen MR) is 93.7 cm³/mol. The number of carbonyl (C=O) groups is 1. The number of carbonyl (C=O) groups excluding carboxylic acids is 1. The van der Waals surface area contributed by atoms with Gasteiger partial charge in [0, 0.05) is 11.6 Å². The fourth-order valence-electron chi connectivity index (χ4n) is 4.11. The van der Waals surface area contributed by atoms with Crippen LogP contribution in [0.2, 0.25) is 0 Å². The molecule has 2 aliphatic rings. The number of nitrogens with one attached hydrogen (secondary N) is 2. The molecule has 126 valence electrons. The Labute approximate surface area is 143 Å². The molecule has 4 heteroatoms. The van der Waals surface area contributed by atoms with Crippen LogP contribution in [0.5, 0.6) is 0 Å². The fourth-order valence-corrected chi connectivity index (χ4v) is 4.11. The Hall–Kier alpha value is -2.10. The second kappa shape index (κ2) is 6.80. The first-order chi connectivity index (χ1) is 11.8. The normalized spacial score (nSPS) is 19.9. The minimum atomic E-state index is 0.0949. The van der Waals surface area contributed by atoms with Gasteiger partial charge in [0.25, 0.3) is 0 Å². The Morgan fingerprint density at radius 2 is 1.96 bits per heavy atom. The van der Waals surface area contributed by atoms with Crippen molar-refractivity contribution >= 4 is 5.91 Å². The molecule has 0 spiro atoms. The highest BCUT2D eigenvalue weighted by atomic mass is 16.1. The minimum absolute atomic E-state index is 0.0949. The number of rotatable bonds is 3. The Kier molecular flexibility index (Phi) is 4.37. The Balaban J connectivity index is 1.38. The van der Waals surface area contributed by atoms with Crippen LogP contribution in [0.3, 0.4) is 0 Å². The van der Waals surface area contributed by atoms with Crippen LogP contribution in [-0.2, 0) is 37.0 Å². The molecule has 0 saturated carbocycles. The van der Waals surface area contributed by atoms with Gasteiger partial charge in [-0.1, -0.05) is 30.7 Å². The van der Waals surface area contributed by atoms with Gasteiger partial charge in [-0.3, -0.25) is 9.89 Å². The van der Waals surface area contributed by atoms with E-state index in [2.05, 4.69) is 39.8 Å². The summed E-state index contributed by atoms with van der Waals surface area (Å²) in [5, 5.41) is 10.8. The van der Waals surface area contributed by atoms with Gasteiger partial charge in [-0.15, -0.1) is 0 Å². The molecule has 1 atom stereocenters. The monoisotopic (exact) mass is 323 g/mol. The number of aromatic amines is 1. The van der Waals surface area contributed by atoms with E-state index in [0.717, 1.165) is 37.8 Å². The number of amides is 1. The number of H-pyrrole nitrogens is 1. The second-order valence-corrected chi connectivity index (χ2v) is 7.11. The molecular formula is C20H25N3O. The lowest BCUT2D eigenvalue weighted by Gasteiger charge is -2.23. The van der Waals surface area contributed by atoms with Crippen molar-refractivity contribution in [1.82, 2.24) is 15.5 Å². The van der Waals surface area contributed by atoms with Crippen LogP contribution in [0.4, 0.5) is 0 Å². The highest BCUT2D eigenvalue weighted by Crippen LogP contribution is 2.26. The lowest BCUT2D eigenvalue weighted by molar-refractivity contribution is -0.125. The summed E-state index contributed by atoms with van der Waals surface area (Å²) < 4.78 is 0. The van der Waals surface area contributed by atoms with E-state index in [-0.39, 0.29) is 11.8 Å². The summed E-state index contributed by atoms with van der Waals surface area (Å²) in [6.45, 7) is 0.558. The molecule has 1 aromatic carbocycles. The van der Waals surface area contributed by atoms with Crippen LogP contribution in [0.1, 0.15) is 53.8 Å². The van der Waals surface area contributed by atoms with Crippen LogP contribution >= 0.6 is 0 Å². The molecule has 2 aliphatic carbocycles. The number of nitrogens with zero attached hydrogens (tertiary/aromatic N) is 1. The fraction of sp³-hybridized carbons (Fsp3) is 0.500. The number of fused-ring (bicyclic) bond motifs is 2. The van der Waals surface area contributed by atoms with Crippen LogP contribution in [0.25, 0.3) is 0 Å². The van der Waals surface area contributed by atoms with Gasteiger partial charge in [0.2, 0.25) is 5.91 Å². The molecular weight excluding hydrogens is 298 g/mol. The third-order valence-electron chi connectivity index (χ3n) is 5.54. The van der Waals surface area contributed by atoms with E-state index < -0.39 is 0 Å². The van der Waals surface area contributed by atoms with Crippen LogP contribution < -0.4 is 5.32 Å². The van der Waals surface area contributed by atoms with Gasteiger partial charge in [-0.25, -0.2) is 0 Å². The molecule has 0 aliphatic heterocycles. The Bertz CT molecular complexity index is 734. The van der Waals surface area contributed by atoms with Crippen LogP contribution in [0, 0.1) is 5.92 Å². The molecule has 1 aromatic heterocycles. The average molecular weight is 323 g/mol. The van der Waals surface area contributed by atoms with E-state index in [1.165, 1.54) is 41.6 Å². The Morgan fingerprint density at radius 1 is 1.12 bits per heavy atom. The quantitative estimate of drug-likeness (QED) is 0.853. The second-order valence-electron chi connectivity index (χ2n) is 7.11. The summed E-state index contributed by atoms with van der Waals surface area (Å²) in [5.41, 5.74) is 6.40. The third kappa shape index (κ3) is 3.10. The predicted octanol–water partition coefficient (Wildman–Crippen LogP) is 3.10. The molecule has 0 unspecified atom stereocenters. The van der Waals surface area contributed by atoms with E-state index in [1.54, 1.807) is 0 Å². The summed E-state index contributed by atoms with van der Waals surface area (Å²) in [7, 11) is 0. The lowest BCUT2D eigenvalue weighted by atomic mass is 9.83. The topological polar surface area (TPSA) is 57.8 Å². The molecule has 2 N–H and O–H groups in total. The van der Waals surface area contributed by atoms with Crippen molar-refractivity contribution in [3.8, 4) is 0 Å². The largest absolute Gasteiger partial charge is 0.350 e. The van der Waals surface area contributed by atoms with Gasteiger partial charge in [0.1, 0.15) is 0 Å². The van der Waals surface area contributed by atoms with Crippen molar-refractivity contribution < 1.29 is 4.79 Å². The van der Waals surface area contributed by atoms with Crippen molar-refractivity contribution in [1.29, 1.82) is 0 Å². The highest BCUT2D eigenvalue weighted by molar-refractivity contribution is 5.79. The number of benzene rings is 1. The molecule has 4 rings (SSSR count). The highest BCUT2D eigenvalue weighted by Gasteiger charge is 2.25. The minimum Gasteiger partial charge on any atom is -0.350 e. The molecule has 0 saturated heterocycles. The summed E-state index contributed by atoms with van der Waals surface area (Å²) >= 11 is 0. The number of hydrogen-bond acceptors (Lipinski definition) is 2. The van der Waals surface area contributed by atoms with Crippen molar-refractivity contribution in [3.05, 3.63) is 52.3 Å². The van der Waals surface area contributed by atoms with Gasteiger partial charge in [0.15, 0.2) is 0 Å². The van der Waals surface area contributed by atoms with E-state index in [0.29, 0.717) is 6.54 Å². The lowest BCUT2D eigenvalue weighted by Crippen LogP contribution is -2.34. The number of aryl methyl sites for hydroxylation is 2. The smallest absolute Gasteiger partial charge is 0.223 e. The zero-order valence-corrected chi connectivity index (χ0v) is 14.1. The maximum absolute atomic E-state index is 12.6. The zero-order chi connectivity index (χ0) is 16.4. The maximum Gasteiger partial charge on any atom is 0.223 e. The zero-order valence-electron chi connectivity index (χ0n) is 14.1. The van der Waals surface area contributed by atoms with Crippen molar-refractivity contribution in [2.75, 3.05) is 0 Å². The average Bonchev–Trinajstić information content (AvgIpc) is 2.85. The first-order valence-electron chi connectivity index (χ1n) is 9.21. The maximum atomic E-state index is 12.6. The summed E-state index contributed by atoms with van der Waals surface area (Å²) in [6, 6.07) is 8.49. The van der Waals surface area contributed by atoms with Crippen molar-refractivity contribution in [2.45, 2.75) is 57.9 Å². The first-order valence-corrected chi connectivity index (χ1v) is 9.21. The van der Waals surface area contributed by atoms with E-state index >= 15 is 0 Å². The SMILES string of the molecule is O=C(NCc1n[nH]c2c1CCCCC2)[C@@H]1CCc2ccccc2C1. The van der Waals surface area contributed by atoms with E-state index in [1.807, 2.05) is 0 Å². The van der Waals surface area contributed by atoms with Crippen molar-refractivity contribution in [2.24, 2.45) is 5.92 Å². The Morgan fingerprint density at radius 3 is 2.88 bits per heavy atom. The molecule has 0 bridgehead atoms. The first kappa shape index (κ1) is 15.4. The third-order valence-corrected chi connectivity index (χ3v) is 5.54. The molecule has 2 aromatic rings. The summed E-state index contributed by atoms with van der Waals surface area (Å²) in [5.74, 6) is 0.271. The van der Waals surface area contributed by atoms with Gasteiger partial charge >= 0.3 is 0 Å². The van der Waals surface area contributed by atoms with E-state index in [4.69, 9.17) is 0 Å². The molecule has 1 heterocycles. The number of aromatic nitrogens is 2. The summed E-state index contributed by atoms with van der Waals surface area (Å²) in [6.07, 6.45) is 8.75. The standard InChI is InChI=1S/C20H25N3O/c24-20(16-11-10-14-6-4-5-7-15(14)12-16)21-13-19-17-8-2-1-3-9-18(17)22-23-19/h4-7,16H,1-3,8-13H2,(H,21,24)(H,22,23)/t16-/m1/s1. The van der Waals surface area contributed by atoms with Gasteiger partial charge in [-0.2, -0.15) is 5.10 Å². The number of hydrogen-bond donors (Lipinski definition) is 2. The molecule has 24 heavy (non-hydrogen) atoms.